The van der Waals surface area contributed by atoms with Crippen molar-refractivity contribution in [2.24, 2.45) is 0 Å². The number of aromatic nitrogens is 8. The normalized spacial score (nSPS) is 10.9. The summed E-state index contributed by atoms with van der Waals surface area (Å²) >= 11 is 0. The lowest BCUT2D eigenvalue weighted by atomic mass is 10.2. The predicted molar refractivity (Wildman–Crippen MR) is 161 cm³/mol. The van der Waals surface area contributed by atoms with Crippen LogP contribution >= 0.6 is 0 Å². The van der Waals surface area contributed by atoms with Crippen molar-refractivity contribution in [1.82, 2.24) is 39.9 Å². The lowest BCUT2D eigenvalue weighted by Crippen LogP contribution is -2.04. The summed E-state index contributed by atoms with van der Waals surface area (Å²) in [6.45, 7) is 0. The minimum absolute atomic E-state index is 0.340. The molecule has 7 aromatic rings. The van der Waals surface area contributed by atoms with Crippen LogP contribution in [0.4, 0.5) is 0 Å². The highest BCUT2D eigenvalue weighted by atomic mass is 15.1. The van der Waals surface area contributed by atoms with Crippen LogP contribution in [0.5, 0.6) is 0 Å². The monoisotopic (exact) mass is 542 g/mol. The third-order valence-electron chi connectivity index (χ3n) is 6.48. The van der Waals surface area contributed by atoms with Gasteiger partial charge in [0, 0.05) is 28.5 Å². The molecule has 0 fully saturated rings. The van der Waals surface area contributed by atoms with E-state index in [0.29, 0.717) is 46.5 Å². The number of benzene rings is 4. The summed E-state index contributed by atoms with van der Waals surface area (Å²) in [5.74, 6) is 3.29. The van der Waals surface area contributed by atoms with Crippen LogP contribution in [0.2, 0.25) is 0 Å². The predicted octanol–water partition coefficient (Wildman–Crippen LogP) is 6.85. The van der Waals surface area contributed by atoms with Gasteiger partial charge in [0.25, 0.3) is 0 Å². The van der Waals surface area contributed by atoms with E-state index in [-0.39, 0.29) is 0 Å². The van der Waals surface area contributed by atoms with Crippen LogP contribution in [0, 0.1) is 0 Å². The molecule has 0 radical (unpaired) electrons. The Labute approximate surface area is 242 Å². The average Bonchev–Trinajstić information content (AvgIpc) is 3.09. The summed E-state index contributed by atoms with van der Waals surface area (Å²) in [7, 11) is 0. The van der Waals surface area contributed by atoms with Crippen molar-refractivity contribution in [1.29, 1.82) is 0 Å². The maximum atomic E-state index is 4.84. The van der Waals surface area contributed by atoms with E-state index in [1.807, 2.05) is 121 Å². The second-order valence-corrected chi connectivity index (χ2v) is 9.34. The topological polar surface area (TPSA) is 103 Å². The standard InChI is InChI=1S/C34H22N8/c1-5-13-23(14-6-1)28-37-29(24-15-7-2-8-16-24)40-32(39-28)27-21-22-35-33(36-27)34-41-30(25-17-9-3-10-18-25)38-31(42-34)26-19-11-4-12-20-26/h1-22H. The first-order chi connectivity index (χ1) is 20.8. The fourth-order valence-electron chi connectivity index (χ4n) is 4.42. The minimum Gasteiger partial charge on any atom is -0.234 e. The van der Waals surface area contributed by atoms with E-state index in [9.17, 15) is 0 Å². The summed E-state index contributed by atoms with van der Waals surface area (Å²) in [6, 6.07) is 41.0. The van der Waals surface area contributed by atoms with Crippen molar-refractivity contribution in [3.8, 4) is 68.7 Å². The number of hydrogen-bond donors (Lipinski definition) is 0. The Bertz CT molecular complexity index is 1710. The Morgan fingerprint density at radius 3 is 0.976 bits per heavy atom. The molecule has 0 saturated heterocycles. The molecule has 8 heteroatoms. The third kappa shape index (κ3) is 5.24. The van der Waals surface area contributed by atoms with E-state index in [1.54, 1.807) is 12.3 Å². The first kappa shape index (κ1) is 25.0. The van der Waals surface area contributed by atoms with Gasteiger partial charge in [-0.15, -0.1) is 0 Å². The highest BCUT2D eigenvalue weighted by molar-refractivity contribution is 5.67. The molecule has 0 unspecified atom stereocenters. The molecule has 7 rings (SSSR count). The Hall–Kier alpha value is -6.02. The van der Waals surface area contributed by atoms with Crippen LogP contribution in [-0.4, -0.2) is 39.9 Å². The van der Waals surface area contributed by atoms with Crippen molar-refractivity contribution < 1.29 is 0 Å². The fraction of sp³-hybridized carbons (Fsp3) is 0. The quantitative estimate of drug-likeness (QED) is 0.225. The first-order valence-electron chi connectivity index (χ1n) is 13.4. The van der Waals surface area contributed by atoms with Gasteiger partial charge in [0.15, 0.2) is 34.9 Å². The molecule has 0 amide bonds. The Morgan fingerprint density at radius 1 is 0.262 bits per heavy atom. The molecule has 8 nitrogen and oxygen atoms in total. The van der Waals surface area contributed by atoms with Crippen LogP contribution in [-0.2, 0) is 0 Å². The Balaban J connectivity index is 1.37. The lowest BCUT2D eigenvalue weighted by Gasteiger charge is -2.09. The summed E-state index contributed by atoms with van der Waals surface area (Å²) in [4.78, 5) is 38.0. The molecule has 0 atom stereocenters. The van der Waals surface area contributed by atoms with Crippen molar-refractivity contribution in [2.75, 3.05) is 0 Å². The molecule has 3 aromatic heterocycles. The maximum absolute atomic E-state index is 4.84. The van der Waals surface area contributed by atoms with Gasteiger partial charge in [-0.2, -0.15) is 0 Å². The Morgan fingerprint density at radius 2 is 0.595 bits per heavy atom. The number of rotatable bonds is 6. The number of nitrogens with zero attached hydrogens (tertiary/aromatic N) is 8. The van der Waals surface area contributed by atoms with Crippen molar-refractivity contribution >= 4 is 0 Å². The van der Waals surface area contributed by atoms with Crippen LogP contribution < -0.4 is 0 Å². The second kappa shape index (κ2) is 11.2. The molecule has 0 aliphatic rings. The molecule has 0 aliphatic heterocycles. The van der Waals surface area contributed by atoms with E-state index in [4.69, 9.17) is 34.9 Å². The van der Waals surface area contributed by atoms with E-state index < -0.39 is 0 Å². The maximum Gasteiger partial charge on any atom is 0.201 e. The van der Waals surface area contributed by atoms with Gasteiger partial charge in [-0.25, -0.2) is 39.9 Å². The van der Waals surface area contributed by atoms with Gasteiger partial charge in [0.2, 0.25) is 5.82 Å². The van der Waals surface area contributed by atoms with Gasteiger partial charge in [-0.05, 0) is 6.07 Å². The molecular formula is C34H22N8. The van der Waals surface area contributed by atoms with Crippen LogP contribution in [0.15, 0.2) is 134 Å². The SMILES string of the molecule is c1ccc(-c2nc(-c3ccccc3)nc(-c3ccnc(-c4nc(-c5ccccc5)nc(-c5ccccc5)n4)n3)n2)cc1. The molecule has 42 heavy (non-hydrogen) atoms. The summed E-state index contributed by atoms with van der Waals surface area (Å²) < 4.78 is 0. The molecule has 0 saturated carbocycles. The fourth-order valence-corrected chi connectivity index (χ4v) is 4.42. The molecule has 0 aliphatic carbocycles. The van der Waals surface area contributed by atoms with E-state index in [2.05, 4.69) is 4.98 Å². The molecular weight excluding hydrogens is 520 g/mol. The van der Waals surface area contributed by atoms with E-state index in [1.165, 1.54) is 0 Å². The average molecular weight is 543 g/mol. The zero-order valence-corrected chi connectivity index (χ0v) is 22.3. The zero-order chi connectivity index (χ0) is 28.1. The molecule has 0 bridgehead atoms. The molecule has 4 aromatic carbocycles. The number of hydrogen-bond acceptors (Lipinski definition) is 8. The molecule has 3 heterocycles. The highest BCUT2D eigenvalue weighted by Crippen LogP contribution is 2.26. The summed E-state index contributed by atoms with van der Waals surface area (Å²) in [5, 5.41) is 0. The van der Waals surface area contributed by atoms with E-state index in [0.717, 1.165) is 22.3 Å². The van der Waals surface area contributed by atoms with E-state index >= 15 is 0 Å². The first-order valence-corrected chi connectivity index (χ1v) is 13.4. The van der Waals surface area contributed by atoms with Gasteiger partial charge < -0.3 is 0 Å². The van der Waals surface area contributed by atoms with Gasteiger partial charge in [0.05, 0.1) is 0 Å². The summed E-state index contributed by atoms with van der Waals surface area (Å²) in [6.07, 6.45) is 1.67. The minimum atomic E-state index is 0.340. The van der Waals surface area contributed by atoms with Crippen LogP contribution in [0.25, 0.3) is 68.7 Å². The second-order valence-electron chi connectivity index (χ2n) is 9.34. The van der Waals surface area contributed by atoms with Crippen molar-refractivity contribution in [3.05, 3.63) is 134 Å². The van der Waals surface area contributed by atoms with Crippen molar-refractivity contribution in [3.63, 3.8) is 0 Å². The van der Waals surface area contributed by atoms with Gasteiger partial charge in [-0.3, -0.25) is 0 Å². The third-order valence-corrected chi connectivity index (χ3v) is 6.48. The Kier molecular flexibility index (Phi) is 6.68. The summed E-state index contributed by atoms with van der Waals surface area (Å²) in [5.41, 5.74) is 4.02. The van der Waals surface area contributed by atoms with Crippen molar-refractivity contribution in [2.45, 2.75) is 0 Å². The largest absolute Gasteiger partial charge is 0.234 e. The smallest absolute Gasteiger partial charge is 0.201 e. The van der Waals surface area contributed by atoms with Crippen LogP contribution in [0.3, 0.4) is 0 Å². The van der Waals surface area contributed by atoms with Gasteiger partial charge in [-0.1, -0.05) is 121 Å². The van der Waals surface area contributed by atoms with Gasteiger partial charge in [0.1, 0.15) is 5.69 Å². The lowest BCUT2D eigenvalue weighted by molar-refractivity contribution is 1.02. The highest BCUT2D eigenvalue weighted by Gasteiger charge is 2.17. The molecule has 0 N–H and O–H groups in total. The zero-order valence-electron chi connectivity index (χ0n) is 22.3. The molecule has 198 valence electrons. The van der Waals surface area contributed by atoms with Gasteiger partial charge >= 0.3 is 0 Å². The molecule has 0 spiro atoms. The van der Waals surface area contributed by atoms with Crippen LogP contribution in [0.1, 0.15) is 0 Å².